The number of hydrogen-bond acceptors (Lipinski definition) is 3. The number of unbranched alkanes of at least 4 members (excludes halogenated alkanes) is 1. The van der Waals surface area contributed by atoms with Crippen LogP contribution in [0.5, 0.6) is 5.75 Å². The molecule has 1 aromatic heterocycles. The summed E-state index contributed by atoms with van der Waals surface area (Å²) in [5.41, 5.74) is 2.24. The van der Waals surface area contributed by atoms with Crippen LogP contribution in [0.4, 0.5) is 0 Å². The molecule has 0 saturated heterocycles. The predicted molar refractivity (Wildman–Crippen MR) is 113 cm³/mol. The third-order valence-corrected chi connectivity index (χ3v) is 5.35. The smallest absolute Gasteiger partial charge is 0.119 e. The second-order valence-electron chi connectivity index (χ2n) is 6.29. The Balaban J connectivity index is 1.54. The lowest BCUT2D eigenvalue weighted by molar-refractivity contribution is 0.309. The van der Waals surface area contributed by atoms with Crippen molar-refractivity contribution in [1.29, 1.82) is 0 Å². The molecule has 4 aromatic rings. The minimum atomic E-state index is 0.783. The third kappa shape index (κ3) is 3.63. The van der Waals surface area contributed by atoms with Crippen LogP contribution >= 0.6 is 11.3 Å². The van der Waals surface area contributed by atoms with Gasteiger partial charge in [0.1, 0.15) is 10.8 Å². The number of benzene rings is 3. The van der Waals surface area contributed by atoms with Gasteiger partial charge in [0.05, 0.1) is 16.8 Å². The highest BCUT2D eigenvalue weighted by Gasteiger charge is 2.05. The number of ether oxygens (including phenoxy) is 1. The summed E-state index contributed by atoms with van der Waals surface area (Å²) in [6.07, 6.45) is 6.44. The molecule has 0 saturated carbocycles. The fraction of sp³-hybridized carbons (Fsp3) is 0.174. The van der Waals surface area contributed by atoms with Crippen LogP contribution in [0, 0.1) is 0 Å². The number of rotatable bonds is 6. The molecule has 3 aromatic carbocycles. The molecule has 130 valence electrons. The average molecular weight is 359 g/mol. The molecule has 0 N–H and O–H groups in total. The first-order valence-electron chi connectivity index (χ1n) is 9.03. The van der Waals surface area contributed by atoms with E-state index in [-0.39, 0.29) is 0 Å². The van der Waals surface area contributed by atoms with Gasteiger partial charge in [-0.1, -0.05) is 61.9 Å². The molecule has 0 aliphatic rings. The topological polar surface area (TPSA) is 22.1 Å². The van der Waals surface area contributed by atoms with Crippen molar-refractivity contribution in [2.24, 2.45) is 0 Å². The van der Waals surface area contributed by atoms with E-state index >= 15 is 0 Å². The molecule has 26 heavy (non-hydrogen) atoms. The lowest BCUT2D eigenvalue weighted by atomic mass is 10.1. The van der Waals surface area contributed by atoms with Crippen molar-refractivity contribution in [3.63, 3.8) is 0 Å². The first-order valence-corrected chi connectivity index (χ1v) is 9.84. The Labute approximate surface area is 157 Å². The maximum Gasteiger partial charge on any atom is 0.119 e. The monoisotopic (exact) mass is 359 g/mol. The molecule has 1 heterocycles. The molecular formula is C23H21NOS. The van der Waals surface area contributed by atoms with Gasteiger partial charge < -0.3 is 4.74 Å². The lowest BCUT2D eigenvalue weighted by Gasteiger charge is -2.04. The second-order valence-corrected chi connectivity index (χ2v) is 7.35. The SMILES string of the molecule is CCCCOc1ccc(/C=C/c2nc3c(ccc4ccccc43)s2)cc1. The van der Waals surface area contributed by atoms with Gasteiger partial charge in [0.25, 0.3) is 0 Å². The normalized spacial score (nSPS) is 11.6. The molecular weight excluding hydrogens is 338 g/mol. The summed E-state index contributed by atoms with van der Waals surface area (Å²) in [6.45, 7) is 2.95. The number of fused-ring (bicyclic) bond motifs is 3. The van der Waals surface area contributed by atoms with Crippen LogP contribution in [-0.4, -0.2) is 11.6 Å². The third-order valence-electron chi connectivity index (χ3n) is 4.37. The van der Waals surface area contributed by atoms with Crippen molar-refractivity contribution in [3.8, 4) is 5.75 Å². The minimum absolute atomic E-state index is 0.783. The molecule has 0 aliphatic heterocycles. The van der Waals surface area contributed by atoms with E-state index < -0.39 is 0 Å². The number of aromatic nitrogens is 1. The van der Waals surface area contributed by atoms with Crippen molar-refractivity contribution in [2.75, 3.05) is 6.61 Å². The Bertz CT molecular complexity index is 1050. The average Bonchev–Trinajstić information content (AvgIpc) is 3.11. The predicted octanol–water partition coefficient (Wildman–Crippen LogP) is 6.80. The molecule has 0 amide bonds. The zero-order valence-electron chi connectivity index (χ0n) is 14.8. The van der Waals surface area contributed by atoms with Crippen molar-refractivity contribution in [1.82, 2.24) is 4.98 Å². The Morgan fingerprint density at radius 2 is 1.81 bits per heavy atom. The van der Waals surface area contributed by atoms with Crippen LogP contribution in [0.3, 0.4) is 0 Å². The summed E-state index contributed by atoms with van der Waals surface area (Å²) in [5, 5.41) is 3.48. The van der Waals surface area contributed by atoms with E-state index in [2.05, 4.69) is 67.6 Å². The highest BCUT2D eigenvalue weighted by atomic mass is 32.1. The van der Waals surface area contributed by atoms with Gasteiger partial charge >= 0.3 is 0 Å². The first kappa shape index (κ1) is 16.8. The Morgan fingerprint density at radius 1 is 0.962 bits per heavy atom. The molecule has 0 fully saturated rings. The van der Waals surface area contributed by atoms with Gasteiger partial charge in [0.2, 0.25) is 0 Å². The van der Waals surface area contributed by atoms with Crippen LogP contribution in [0.2, 0.25) is 0 Å². The van der Waals surface area contributed by atoms with Gasteiger partial charge in [-0.2, -0.15) is 0 Å². The van der Waals surface area contributed by atoms with E-state index in [1.807, 2.05) is 12.1 Å². The molecule has 4 rings (SSSR count). The lowest BCUT2D eigenvalue weighted by Crippen LogP contribution is -1.95. The summed E-state index contributed by atoms with van der Waals surface area (Å²) in [5.74, 6) is 0.932. The maximum absolute atomic E-state index is 5.71. The highest BCUT2D eigenvalue weighted by Crippen LogP contribution is 2.30. The van der Waals surface area contributed by atoms with Crippen LogP contribution in [0.1, 0.15) is 30.3 Å². The molecule has 0 aliphatic carbocycles. The summed E-state index contributed by atoms with van der Waals surface area (Å²) < 4.78 is 6.94. The van der Waals surface area contributed by atoms with Gasteiger partial charge in [0, 0.05) is 5.39 Å². The van der Waals surface area contributed by atoms with E-state index in [9.17, 15) is 0 Å². The fourth-order valence-electron chi connectivity index (χ4n) is 2.93. The van der Waals surface area contributed by atoms with Gasteiger partial charge in [-0.05, 0) is 41.6 Å². The second kappa shape index (κ2) is 7.71. The van der Waals surface area contributed by atoms with E-state index in [0.717, 1.165) is 41.3 Å². The van der Waals surface area contributed by atoms with E-state index in [1.54, 1.807) is 11.3 Å². The van der Waals surface area contributed by atoms with Crippen LogP contribution in [-0.2, 0) is 0 Å². The summed E-state index contributed by atoms with van der Waals surface area (Å²) in [7, 11) is 0. The summed E-state index contributed by atoms with van der Waals surface area (Å²) in [6, 6.07) is 21.0. The van der Waals surface area contributed by atoms with Gasteiger partial charge in [-0.25, -0.2) is 4.98 Å². The fourth-order valence-corrected chi connectivity index (χ4v) is 3.81. The quantitative estimate of drug-likeness (QED) is 0.353. The van der Waals surface area contributed by atoms with Gasteiger partial charge in [-0.3, -0.25) is 0 Å². The Kier molecular flexibility index (Phi) is 4.98. The molecule has 0 spiro atoms. The Morgan fingerprint density at radius 3 is 2.65 bits per heavy atom. The standard InChI is InChI=1S/C23H21NOS/c1-2-3-16-25-19-12-8-17(9-13-19)10-15-22-24-23-20-7-5-4-6-18(20)11-14-21(23)26-22/h4-15H,2-3,16H2,1H3/b15-10+. The molecule has 0 atom stereocenters. The van der Waals surface area contributed by atoms with E-state index in [4.69, 9.17) is 9.72 Å². The summed E-state index contributed by atoms with van der Waals surface area (Å²) in [4.78, 5) is 4.83. The Hall–Kier alpha value is -2.65. The van der Waals surface area contributed by atoms with Crippen LogP contribution in [0.25, 0.3) is 33.1 Å². The molecule has 0 radical (unpaired) electrons. The maximum atomic E-state index is 5.71. The largest absolute Gasteiger partial charge is 0.494 e. The zero-order chi connectivity index (χ0) is 17.8. The first-order chi connectivity index (χ1) is 12.8. The minimum Gasteiger partial charge on any atom is -0.494 e. The number of thiazole rings is 1. The van der Waals surface area contributed by atoms with E-state index in [1.165, 1.54) is 15.5 Å². The van der Waals surface area contributed by atoms with Gasteiger partial charge in [0.15, 0.2) is 0 Å². The molecule has 0 unspecified atom stereocenters. The molecule has 2 nitrogen and oxygen atoms in total. The molecule has 0 bridgehead atoms. The molecule has 3 heteroatoms. The number of hydrogen-bond donors (Lipinski definition) is 0. The zero-order valence-corrected chi connectivity index (χ0v) is 15.6. The van der Waals surface area contributed by atoms with E-state index in [0.29, 0.717) is 0 Å². The van der Waals surface area contributed by atoms with Gasteiger partial charge in [-0.15, -0.1) is 11.3 Å². The van der Waals surface area contributed by atoms with Crippen molar-refractivity contribution in [2.45, 2.75) is 19.8 Å². The highest BCUT2D eigenvalue weighted by molar-refractivity contribution is 7.19. The number of nitrogens with zero attached hydrogens (tertiary/aromatic N) is 1. The van der Waals surface area contributed by atoms with Crippen molar-refractivity contribution >= 4 is 44.5 Å². The van der Waals surface area contributed by atoms with Crippen molar-refractivity contribution in [3.05, 3.63) is 71.2 Å². The van der Waals surface area contributed by atoms with Crippen LogP contribution < -0.4 is 4.74 Å². The van der Waals surface area contributed by atoms with Crippen LogP contribution in [0.15, 0.2) is 60.7 Å². The van der Waals surface area contributed by atoms with Crippen molar-refractivity contribution < 1.29 is 4.74 Å². The summed E-state index contributed by atoms with van der Waals surface area (Å²) >= 11 is 1.73.